The first-order chi connectivity index (χ1) is 12.1. The van der Waals surface area contributed by atoms with E-state index in [0.29, 0.717) is 0 Å². The van der Waals surface area contributed by atoms with Gasteiger partial charge in [-0.3, -0.25) is 0 Å². The van der Waals surface area contributed by atoms with Crippen LogP contribution in [0.2, 0.25) is 0 Å². The summed E-state index contributed by atoms with van der Waals surface area (Å²) in [4.78, 5) is 10.7. The molecule has 0 aromatic heterocycles. The van der Waals surface area contributed by atoms with Crippen molar-refractivity contribution in [3.63, 3.8) is 0 Å². The summed E-state index contributed by atoms with van der Waals surface area (Å²) in [7, 11) is 0. The number of nitrogens with two attached hydrogens (primary N) is 1. The van der Waals surface area contributed by atoms with Crippen molar-refractivity contribution < 1.29 is 5.11 Å². The zero-order chi connectivity index (χ0) is 18.1. The molecule has 4 heteroatoms. The average Bonchev–Trinajstić information content (AvgIpc) is 2.64. The molecule has 0 amide bonds. The smallest absolute Gasteiger partial charge is 0.102 e. The van der Waals surface area contributed by atoms with Crippen LogP contribution >= 0.6 is 0 Å². The second-order valence-corrected chi connectivity index (χ2v) is 7.74. The molecule has 25 heavy (non-hydrogen) atoms. The summed E-state index contributed by atoms with van der Waals surface area (Å²) in [5, 5.41) is 12.6. The second-order valence-electron chi connectivity index (χ2n) is 7.74. The molecular weight excluding hydrogens is 312 g/mol. The number of aliphatic hydroxyl groups is 1. The highest BCUT2D eigenvalue weighted by Gasteiger charge is 2.37. The maximum atomic E-state index is 10.7. The molecule has 2 unspecified atom stereocenters. The maximum absolute atomic E-state index is 10.7. The molecule has 0 spiro atoms. The number of hydrogen-bond acceptors (Lipinski definition) is 4. The van der Waals surface area contributed by atoms with Crippen molar-refractivity contribution in [2.75, 3.05) is 13.2 Å². The van der Waals surface area contributed by atoms with Crippen LogP contribution in [0, 0.1) is 10.8 Å². The van der Waals surface area contributed by atoms with Gasteiger partial charge >= 0.3 is 0 Å². The summed E-state index contributed by atoms with van der Waals surface area (Å²) >= 11 is 0. The second kappa shape index (κ2) is 10.0. The fourth-order valence-electron chi connectivity index (χ4n) is 3.99. The van der Waals surface area contributed by atoms with E-state index in [1.165, 1.54) is 55.2 Å². The fraction of sp³-hybridized carbons (Fsp3) is 0.714. The zero-order valence-electron chi connectivity index (χ0n) is 15.7. The monoisotopic (exact) mass is 346 g/mol. The van der Waals surface area contributed by atoms with Crippen molar-refractivity contribution in [3.8, 4) is 0 Å². The normalized spacial score (nSPS) is 19.2. The molecule has 0 fully saturated rings. The van der Waals surface area contributed by atoms with Crippen molar-refractivity contribution in [1.29, 1.82) is 0 Å². The van der Waals surface area contributed by atoms with Gasteiger partial charge in [0.25, 0.3) is 0 Å². The van der Waals surface area contributed by atoms with Gasteiger partial charge < -0.3 is 10.8 Å². The summed E-state index contributed by atoms with van der Waals surface area (Å²) in [6, 6.07) is 6.81. The largest absolute Gasteiger partial charge is 0.394 e. The number of nitroso groups, excluding NO2 is 1. The van der Waals surface area contributed by atoms with Crippen LogP contribution in [-0.4, -0.2) is 23.8 Å². The Bertz CT molecular complexity index is 547. The molecule has 3 N–H and O–H groups in total. The van der Waals surface area contributed by atoms with Gasteiger partial charge in [0, 0.05) is 0 Å². The molecule has 4 nitrogen and oxygen atoms in total. The first-order valence-electron chi connectivity index (χ1n) is 9.92. The summed E-state index contributed by atoms with van der Waals surface area (Å²) in [6.45, 7) is 2.05. The average molecular weight is 347 g/mol. The quantitative estimate of drug-likeness (QED) is 0.467. The first-order valence-corrected chi connectivity index (χ1v) is 9.92. The van der Waals surface area contributed by atoms with E-state index in [1.54, 1.807) is 0 Å². The van der Waals surface area contributed by atoms with Gasteiger partial charge in [-0.05, 0) is 54.7 Å². The molecular formula is C21H34N2O2. The predicted molar refractivity (Wildman–Crippen MR) is 104 cm³/mol. The molecule has 1 aliphatic carbocycles. The molecule has 140 valence electrons. The van der Waals surface area contributed by atoms with E-state index in [4.69, 9.17) is 5.73 Å². The fourth-order valence-corrected chi connectivity index (χ4v) is 3.99. The van der Waals surface area contributed by atoms with Crippen LogP contribution in [0.25, 0.3) is 0 Å². The topological polar surface area (TPSA) is 75.7 Å². The Labute approximate surface area is 152 Å². The Morgan fingerprint density at radius 2 is 1.96 bits per heavy atom. The van der Waals surface area contributed by atoms with E-state index in [9.17, 15) is 10.0 Å². The summed E-state index contributed by atoms with van der Waals surface area (Å²) in [5.74, 6) is 0.118. The number of nitrogens with zero attached hydrogens (tertiary/aromatic N) is 1. The molecule has 0 heterocycles. The van der Waals surface area contributed by atoms with Gasteiger partial charge in [0.15, 0.2) is 0 Å². The highest BCUT2D eigenvalue weighted by atomic mass is 16.3. The Morgan fingerprint density at radius 1 is 1.20 bits per heavy atom. The van der Waals surface area contributed by atoms with Gasteiger partial charge in [0.1, 0.15) is 6.54 Å². The SMILES string of the molecule is CCCCCCCCc1ccc2c(c1)CCC(C(N)(CO)CN=O)C2. The molecule has 0 bridgehead atoms. The lowest BCUT2D eigenvalue weighted by molar-refractivity contribution is 0.136. The first kappa shape index (κ1) is 20.1. The van der Waals surface area contributed by atoms with E-state index >= 15 is 0 Å². The van der Waals surface area contributed by atoms with Crippen molar-refractivity contribution in [2.45, 2.75) is 76.7 Å². The number of benzene rings is 1. The van der Waals surface area contributed by atoms with Crippen molar-refractivity contribution >= 4 is 0 Å². The standard InChI is InChI=1S/C21H34N2O2/c1-2-3-4-5-6-7-8-17-9-10-19-14-20(12-11-18(19)13-17)21(22,16-24)15-23-25/h9-10,13,20,24H,2-8,11-12,14-16,22H2,1H3. The summed E-state index contributed by atoms with van der Waals surface area (Å²) < 4.78 is 0. The van der Waals surface area contributed by atoms with Crippen molar-refractivity contribution in [3.05, 3.63) is 39.8 Å². The summed E-state index contributed by atoms with van der Waals surface area (Å²) in [5.41, 5.74) is 9.53. The number of hydrogen-bond donors (Lipinski definition) is 2. The summed E-state index contributed by atoms with van der Waals surface area (Å²) in [6.07, 6.45) is 11.9. The number of rotatable bonds is 11. The number of unbranched alkanes of at least 4 members (excludes halogenated alkanes) is 5. The minimum Gasteiger partial charge on any atom is -0.394 e. The Kier molecular flexibility index (Phi) is 8.04. The van der Waals surface area contributed by atoms with E-state index in [-0.39, 0.29) is 19.1 Å². The van der Waals surface area contributed by atoms with Crippen molar-refractivity contribution in [1.82, 2.24) is 0 Å². The molecule has 1 aromatic carbocycles. The van der Waals surface area contributed by atoms with E-state index in [2.05, 4.69) is 30.3 Å². The molecule has 0 radical (unpaired) electrons. The van der Waals surface area contributed by atoms with Crippen LogP contribution in [0.3, 0.4) is 0 Å². The van der Waals surface area contributed by atoms with Gasteiger partial charge in [0.2, 0.25) is 0 Å². The lowest BCUT2D eigenvalue weighted by atomic mass is 9.73. The van der Waals surface area contributed by atoms with E-state index in [1.807, 2.05) is 0 Å². The minimum atomic E-state index is -0.878. The van der Waals surface area contributed by atoms with Crippen LogP contribution in [0.5, 0.6) is 0 Å². The van der Waals surface area contributed by atoms with Crippen LogP contribution in [0.4, 0.5) is 0 Å². The molecule has 1 aliphatic rings. The predicted octanol–water partition coefficient (Wildman–Crippen LogP) is 4.15. The highest BCUT2D eigenvalue weighted by molar-refractivity contribution is 5.35. The van der Waals surface area contributed by atoms with Crippen molar-refractivity contribution in [2.24, 2.45) is 16.8 Å². The molecule has 2 atom stereocenters. The Morgan fingerprint density at radius 3 is 2.68 bits per heavy atom. The van der Waals surface area contributed by atoms with Crippen LogP contribution in [0.15, 0.2) is 23.4 Å². The molecule has 2 rings (SSSR count). The van der Waals surface area contributed by atoms with Crippen LogP contribution < -0.4 is 5.73 Å². The highest BCUT2D eigenvalue weighted by Crippen LogP contribution is 2.32. The Balaban J connectivity index is 1.89. The van der Waals surface area contributed by atoms with E-state index in [0.717, 1.165) is 25.7 Å². The van der Waals surface area contributed by atoms with Gasteiger partial charge in [-0.15, -0.1) is 0 Å². The lowest BCUT2D eigenvalue weighted by Gasteiger charge is -2.37. The van der Waals surface area contributed by atoms with Gasteiger partial charge in [-0.1, -0.05) is 62.4 Å². The molecule has 1 aromatic rings. The third kappa shape index (κ3) is 5.61. The third-order valence-corrected chi connectivity index (χ3v) is 5.78. The zero-order valence-corrected chi connectivity index (χ0v) is 15.7. The van der Waals surface area contributed by atoms with Crippen LogP contribution in [0.1, 0.15) is 68.6 Å². The molecule has 0 saturated carbocycles. The van der Waals surface area contributed by atoms with Gasteiger partial charge in [0.05, 0.1) is 12.1 Å². The van der Waals surface area contributed by atoms with Crippen LogP contribution in [-0.2, 0) is 19.3 Å². The Hall–Kier alpha value is -1.26. The number of aliphatic hydroxyl groups excluding tert-OH is 1. The molecule has 0 aliphatic heterocycles. The maximum Gasteiger partial charge on any atom is 0.102 e. The number of fused-ring (bicyclic) bond motifs is 1. The number of aryl methyl sites for hydroxylation is 2. The molecule has 0 saturated heterocycles. The third-order valence-electron chi connectivity index (χ3n) is 5.78. The van der Waals surface area contributed by atoms with E-state index < -0.39 is 5.54 Å². The van der Waals surface area contributed by atoms with Gasteiger partial charge in [-0.25, -0.2) is 0 Å². The van der Waals surface area contributed by atoms with Gasteiger partial charge in [-0.2, -0.15) is 4.91 Å². The minimum absolute atomic E-state index is 0.0143. The lowest BCUT2D eigenvalue weighted by Crippen LogP contribution is -2.54.